The van der Waals surface area contributed by atoms with Gasteiger partial charge in [-0.15, -0.1) is 11.3 Å². The summed E-state index contributed by atoms with van der Waals surface area (Å²) in [7, 11) is 0. The molecule has 0 unspecified atom stereocenters. The molecule has 0 bridgehead atoms. The molecule has 1 saturated heterocycles. The van der Waals surface area contributed by atoms with Crippen LogP contribution in [0.25, 0.3) is 0 Å². The van der Waals surface area contributed by atoms with E-state index in [2.05, 4.69) is 22.1 Å². The summed E-state index contributed by atoms with van der Waals surface area (Å²) in [6.07, 6.45) is 2.66. The molecule has 1 aromatic heterocycles. The summed E-state index contributed by atoms with van der Waals surface area (Å²) in [4.78, 5) is 21.6. The predicted octanol–water partition coefficient (Wildman–Crippen LogP) is 2.13. The standard InChI is InChI=1S/C15H24N4OS/c1-3-16-15-17-13(10-21-15)14(20)19-7-6-18(12-4-5-12)8-11(2)9-19/h10-12H,3-9H2,1-2H3,(H,16,17)/t11-/m0/s1. The SMILES string of the molecule is CCNc1nc(C(=O)N2CCN(C3CC3)C[C@H](C)C2)cs1. The predicted molar refractivity (Wildman–Crippen MR) is 85.9 cm³/mol. The van der Waals surface area contributed by atoms with Crippen LogP contribution in [0.2, 0.25) is 0 Å². The topological polar surface area (TPSA) is 48.5 Å². The summed E-state index contributed by atoms with van der Waals surface area (Å²) in [5, 5.41) is 5.87. The number of nitrogens with one attached hydrogen (secondary N) is 1. The lowest BCUT2D eigenvalue weighted by atomic mass is 10.1. The minimum atomic E-state index is 0.0832. The highest BCUT2D eigenvalue weighted by molar-refractivity contribution is 7.13. The second kappa shape index (κ2) is 6.32. The van der Waals surface area contributed by atoms with E-state index in [1.54, 1.807) is 0 Å². The lowest BCUT2D eigenvalue weighted by molar-refractivity contribution is 0.0743. The Morgan fingerprint density at radius 2 is 2.24 bits per heavy atom. The molecule has 116 valence electrons. The van der Waals surface area contributed by atoms with Gasteiger partial charge in [-0.1, -0.05) is 6.92 Å². The number of carbonyl (C=O) groups is 1. The molecule has 2 aliphatic rings. The van der Waals surface area contributed by atoms with E-state index in [9.17, 15) is 4.79 Å². The molecule has 5 nitrogen and oxygen atoms in total. The van der Waals surface area contributed by atoms with E-state index in [1.165, 1.54) is 24.2 Å². The van der Waals surface area contributed by atoms with Gasteiger partial charge in [0.2, 0.25) is 0 Å². The minimum Gasteiger partial charge on any atom is -0.362 e. The molecule has 0 spiro atoms. The molecule has 0 radical (unpaired) electrons. The van der Waals surface area contributed by atoms with Gasteiger partial charge in [-0.05, 0) is 25.7 Å². The van der Waals surface area contributed by atoms with Crippen LogP contribution in [0, 0.1) is 5.92 Å². The van der Waals surface area contributed by atoms with Gasteiger partial charge in [0.15, 0.2) is 5.13 Å². The van der Waals surface area contributed by atoms with Crippen LogP contribution in [0.3, 0.4) is 0 Å². The highest BCUT2D eigenvalue weighted by Crippen LogP contribution is 2.28. The van der Waals surface area contributed by atoms with Gasteiger partial charge < -0.3 is 10.2 Å². The van der Waals surface area contributed by atoms with E-state index < -0.39 is 0 Å². The zero-order chi connectivity index (χ0) is 14.8. The summed E-state index contributed by atoms with van der Waals surface area (Å²) in [6.45, 7) is 8.90. The van der Waals surface area contributed by atoms with Crippen LogP contribution in [0.1, 0.15) is 37.2 Å². The van der Waals surface area contributed by atoms with Crippen LogP contribution < -0.4 is 5.32 Å². The molecule has 1 aliphatic carbocycles. The number of amides is 1. The molecule has 0 aromatic carbocycles. The molecule has 1 aliphatic heterocycles. The largest absolute Gasteiger partial charge is 0.362 e. The van der Waals surface area contributed by atoms with Crippen LogP contribution in [0.5, 0.6) is 0 Å². The quantitative estimate of drug-likeness (QED) is 0.926. The summed E-state index contributed by atoms with van der Waals surface area (Å²) in [5.74, 6) is 0.615. The number of nitrogens with zero attached hydrogens (tertiary/aromatic N) is 3. The first-order chi connectivity index (χ1) is 10.2. The fourth-order valence-corrected chi connectivity index (χ4v) is 3.74. The van der Waals surface area contributed by atoms with Crippen molar-refractivity contribution in [3.05, 3.63) is 11.1 Å². The maximum Gasteiger partial charge on any atom is 0.273 e. The fraction of sp³-hybridized carbons (Fsp3) is 0.733. The molecule has 1 N–H and O–H groups in total. The molecule has 3 rings (SSSR count). The minimum absolute atomic E-state index is 0.0832. The summed E-state index contributed by atoms with van der Waals surface area (Å²) in [5.41, 5.74) is 0.586. The number of thiazole rings is 1. The highest BCUT2D eigenvalue weighted by atomic mass is 32.1. The van der Waals surface area contributed by atoms with Crippen molar-refractivity contribution in [3.8, 4) is 0 Å². The van der Waals surface area contributed by atoms with Crippen LogP contribution >= 0.6 is 11.3 Å². The zero-order valence-electron chi connectivity index (χ0n) is 12.8. The number of rotatable bonds is 4. The Hall–Kier alpha value is -1.14. The fourth-order valence-electron chi connectivity index (χ4n) is 2.99. The molecule has 21 heavy (non-hydrogen) atoms. The Bertz CT molecular complexity index is 500. The highest BCUT2D eigenvalue weighted by Gasteiger charge is 2.33. The first kappa shape index (κ1) is 14.8. The second-order valence-corrected chi connectivity index (χ2v) is 7.01. The summed E-state index contributed by atoms with van der Waals surface area (Å²) in [6, 6.07) is 0.780. The third kappa shape index (κ3) is 3.55. The Balaban J connectivity index is 1.65. The molecule has 1 aromatic rings. The normalized spacial score (nSPS) is 23.9. The van der Waals surface area contributed by atoms with Crippen molar-refractivity contribution >= 4 is 22.4 Å². The summed E-state index contributed by atoms with van der Waals surface area (Å²) >= 11 is 1.51. The van der Waals surface area contributed by atoms with E-state index in [-0.39, 0.29) is 5.91 Å². The van der Waals surface area contributed by atoms with Crippen LogP contribution in [0.4, 0.5) is 5.13 Å². The van der Waals surface area contributed by atoms with E-state index in [0.717, 1.165) is 43.9 Å². The van der Waals surface area contributed by atoms with Crippen LogP contribution in [0.15, 0.2) is 5.38 Å². The van der Waals surface area contributed by atoms with Gasteiger partial charge in [0.05, 0.1) is 0 Å². The average molecular weight is 308 g/mol. The van der Waals surface area contributed by atoms with Crippen LogP contribution in [-0.2, 0) is 0 Å². The molecule has 6 heteroatoms. The Kier molecular flexibility index (Phi) is 4.45. The smallest absolute Gasteiger partial charge is 0.273 e. The monoisotopic (exact) mass is 308 g/mol. The van der Waals surface area contributed by atoms with Crippen molar-refractivity contribution in [1.29, 1.82) is 0 Å². The van der Waals surface area contributed by atoms with E-state index in [4.69, 9.17) is 0 Å². The van der Waals surface area contributed by atoms with Crippen molar-refractivity contribution in [3.63, 3.8) is 0 Å². The van der Waals surface area contributed by atoms with Gasteiger partial charge in [0.1, 0.15) is 5.69 Å². The molecule has 1 atom stereocenters. The molecule has 1 amide bonds. The lowest BCUT2D eigenvalue weighted by Crippen LogP contribution is -2.36. The Morgan fingerprint density at radius 1 is 1.43 bits per heavy atom. The molecule has 2 fully saturated rings. The van der Waals surface area contributed by atoms with Gasteiger partial charge in [0.25, 0.3) is 5.91 Å². The number of carbonyl (C=O) groups excluding carboxylic acids is 1. The van der Waals surface area contributed by atoms with Gasteiger partial charge in [-0.25, -0.2) is 4.98 Å². The van der Waals surface area contributed by atoms with Crippen molar-refractivity contribution in [1.82, 2.24) is 14.8 Å². The van der Waals surface area contributed by atoms with Gasteiger partial charge >= 0.3 is 0 Å². The van der Waals surface area contributed by atoms with Gasteiger partial charge in [-0.2, -0.15) is 0 Å². The summed E-state index contributed by atoms with van der Waals surface area (Å²) < 4.78 is 0. The first-order valence-electron chi connectivity index (χ1n) is 7.90. The van der Waals surface area contributed by atoms with Gasteiger partial charge in [0, 0.05) is 44.1 Å². The van der Waals surface area contributed by atoms with Crippen LogP contribution in [-0.4, -0.2) is 59.5 Å². The molecular weight excluding hydrogens is 284 g/mol. The molecule has 2 heterocycles. The number of aromatic nitrogens is 1. The maximum atomic E-state index is 12.6. The molecular formula is C15H24N4OS. The number of hydrogen-bond donors (Lipinski definition) is 1. The first-order valence-corrected chi connectivity index (χ1v) is 8.78. The van der Waals surface area contributed by atoms with E-state index in [0.29, 0.717) is 11.6 Å². The number of hydrogen-bond acceptors (Lipinski definition) is 5. The van der Waals surface area contributed by atoms with Crippen molar-refractivity contribution in [2.75, 3.05) is 38.0 Å². The van der Waals surface area contributed by atoms with Crippen molar-refractivity contribution in [2.45, 2.75) is 32.7 Å². The third-order valence-corrected chi connectivity index (χ3v) is 4.94. The second-order valence-electron chi connectivity index (χ2n) is 6.15. The van der Waals surface area contributed by atoms with Crippen molar-refractivity contribution in [2.24, 2.45) is 5.92 Å². The average Bonchev–Trinajstić information content (AvgIpc) is 3.23. The Morgan fingerprint density at radius 3 is 2.95 bits per heavy atom. The molecule has 1 saturated carbocycles. The number of anilines is 1. The van der Waals surface area contributed by atoms with Crippen molar-refractivity contribution < 1.29 is 4.79 Å². The van der Waals surface area contributed by atoms with Gasteiger partial charge in [-0.3, -0.25) is 9.69 Å². The maximum absolute atomic E-state index is 12.6. The Labute approximate surface area is 130 Å². The van der Waals surface area contributed by atoms with E-state index in [1.807, 2.05) is 17.2 Å². The third-order valence-electron chi connectivity index (χ3n) is 4.14. The lowest BCUT2D eigenvalue weighted by Gasteiger charge is -2.21. The van der Waals surface area contributed by atoms with E-state index >= 15 is 0 Å². The zero-order valence-corrected chi connectivity index (χ0v) is 13.7.